The molecule has 1 atom stereocenters. The Morgan fingerprint density at radius 1 is 2.00 bits per heavy atom. The number of carboxylic acid groups (broad SMARTS) is 1. The van der Waals surface area contributed by atoms with Crippen LogP contribution in [0.25, 0.3) is 0 Å². The van der Waals surface area contributed by atoms with E-state index in [9.17, 15) is 4.79 Å². The van der Waals surface area contributed by atoms with Gasteiger partial charge in [0.25, 0.3) is 0 Å². The van der Waals surface area contributed by atoms with Crippen LogP contribution < -0.4 is 0 Å². The molecule has 5 heavy (non-hydrogen) atoms. The van der Waals surface area contributed by atoms with Crippen molar-refractivity contribution in [2.45, 2.75) is 0 Å². The molecule has 0 rings (SSSR count). The fraction of sp³-hybridized carbons (Fsp3) is 0. The van der Waals surface area contributed by atoms with Gasteiger partial charge in [-0.25, -0.2) is 0 Å². The first kappa shape index (κ1) is 5.85. The minimum atomic E-state index is -0.563. The summed E-state index contributed by atoms with van der Waals surface area (Å²) in [4.78, 5) is 9.46. The van der Waals surface area contributed by atoms with Crippen molar-refractivity contribution in [3.05, 3.63) is 0 Å². The van der Waals surface area contributed by atoms with Gasteiger partial charge in [0.1, 0.15) is 0 Å². The summed E-state index contributed by atoms with van der Waals surface area (Å²) in [6, 6.07) is 0. The molecule has 0 fully saturated rings. The van der Waals surface area contributed by atoms with E-state index in [4.69, 9.17) is 5.11 Å². The molecule has 30 valence electrons. The van der Waals surface area contributed by atoms with Gasteiger partial charge in [-0.2, -0.15) is 0 Å². The summed E-state index contributed by atoms with van der Waals surface area (Å²) in [5.41, 5.74) is 0. The molecule has 2 nitrogen and oxygen atoms in total. The van der Waals surface area contributed by atoms with Crippen LogP contribution in [0.1, 0.15) is 0 Å². The Kier molecular flexibility index (Phi) is 3.57. The number of carbonyl (C=O) groups is 1. The van der Waals surface area contributed by atoms with Gasteiger partial charge in [-0.05, 0) is 0 Å². The summed E-state index contributed by atoms with van der Waals surface area (Å²) in [6.45, 7) is 0. The van der Waals surface area contributed by atoms with Crippen LogP contribution in [0.5, 0.6) is 0 Å². The first-order valence-electron chi connectivity index (χ1n) is 0.966. The van der Waals surface area contributed by atoms with Crippen LogP contribution in [0.2, 0.25) is 0 Å². The van der Waals surface area contributed by atoms with Crippen LogP contribution in [0.15, 0.2) is 0 Å². The van der Waals surface area contributed by atoms with E-state index in [-0.39, 0.29) is 0 Å². The summed E-state index contributed by atoms with van der Waals surface area (Å²) < 4.78 is -0.563. The second kappa shape index (κ2) is 3.05. The quantitative estimate of drug-likeness (QED) is 0.579. The van der Waals surface area contributed by atoms with E-state index < -0.39 is 17.1 Å². The molecule has 0 amide bonds. The molecule has 0 bridgehead atoms. The van der Waals surface area contributed by atoms with Gasteiger partial charge >= 0.3 is 47.5 Å². The van der Waals surface area contributed by atoms with E-state index in [1.54, 1.807) is 0 Å². The first-order chi connectivity index (χ1) is 2.27. The Labute approximate surface area is 47.4 Å². The van der Waals surface area contributed by atoms with Crippen molar-refractivity contribution in [2.75, 3.05) is 0 Å². The van der Waals surface area contributed by atoms with Crippen molar-refractivity contribution in [1.29, 1.82) is 0 Å². The average Bonchev–Trinajstić information content (AvgIpc) is 1.38. The molecule has 0 aromatic carbocycles. The van der Waals surface area contributed by atoms with Crippen LogP contribution in [0.4, 0.5) is 4.79 Å². The Morgan fingerprint density at radius 2 is 2.20 bits per heavy atom. The van der Waals surface area contributed by atoms with Crippen LogP contribution in [0, 0.1) is 0 Å². The molecule has 0 aliphatic rings. The summed E-state index contributed by atoms with van der Waals surface area (Å²) in [7, 11) is 0. The molecule has 0 aliphatic carbocycles. The fourth-order valence-electron chi connectivity index (χ4n) is 0. The van der Waals surface area contributed by atoms with E-state index in [1.807, 2.05) is 0 Å². The third kappa shape index (κ3) is 4.85. The molecule has 0 saturated carbocycles. The summed E-state index contributed by atoms with van der Waals surface area (Å²) >= 11 is 0.443. The molecular formula is CH4AsO2Sb. The molecule has 0 aromatic rings. The number of hydrogen-bond donors (Lipinski definition) is 1. The number of rotatable bonds is 1. The molecule has 0 heterocycles. The summed E-state index contributed by atoms with van der Waals surface area (Å²) in [6.07, 6.45) is 0. The Morgan fingerprint density at radius 3 is 2.20 bits per heavy atom. The van der Waals surface area contributed by atoms with Crippen LogP contribution in [-0.4, -0.2) is 42.7 Å². The molecule has 1 unspecified atom stereocenters. The van der Waals surface area contributed by atoms with Crippen molar-refractivity contribution >= 4 is 37.6 Å². The van der Waals surface area contributed by atoms with E-state index in [0.29, 0.717) is 0 Å². The van der Waals surface area contributed by atoms with Gasteiger partial charge < -0.3 is 0 Å². The van der Waals surface area contributed by atoms with Gasteiger partial charge in [0, 0.05) is 0 Å². The van der Waals surface area contributed by atoms with E-state index in [0.717, 1.165) is 20.5 Å². The average molecular weight is 245 g/mol. The zero-order valence-corrected chi connectivity index (χ0v) is 7.83. The van der Waals surface area contributed by atoms with Crippen LogP contribution >= 0.6 is 0 Å². The molecule has 4 heteroatoms. The van der Waals surface area contributed by atoms with Crippen LogP contribution in [0.3, 0.4) is 0 Å². The second-order valence-electron chi connectivity index (χ2n) is 0.449. The number of hydrogen-bond acceptors (Lipinski definition) is 1. The van der Waals surface area contributed by atoms with Gasteiger partial charge in [-0.1, -0.05) is 0 Å². The van der Waals surface area contributed by atoms with Crippen molar-refractivity contribution in [2.24, 2.45) is 0 Å². The van der Waals surface area contributed by atoms with Crippen molar-refractivity contribution in [1.82, 2.24) is 0 Å². The monoisotopic (exact) mass is 244 g/mol. The van der Waals surface area contributed by atoms with Crippen molar-refractivity contribution < 1.29 is 9.90 Å². The Bertz CT molecular complexity index is 44.9. The third-order valence-electron chi connectivity index (χ3n) is 0.123. The molecular weight excluding hydrogens is 241 g/mol. The molecule has 0 saturated heterocycles. The predicted molar refractivity (Wildman–Crippen MR) is 23.7 cm³/mol. The van der Waals surface area contributed by atoms with Gasteiger partial charge in [0.2, 0.25) is 0 Å². The topological polar surface area (TPSA) is 37.3 Å². The molecule has 1 N–H and O–H groups in total. The van der Waals surface area contributed by atoms with Crippen LogP contribution in [-0.2, 0) is 0 Å². The minimum absolute atomic E-state index is 0.509. The predicted octanol–water partition coefficient (Wildman–Crippen LogP) is -1.35. The third-order valence-corrected chi connectivity index (χ3v) is 4.30. The van der Waals surface area contributed by atoms with Crippen molar-refractivity contribution in [3.8, 4) is 0 Å². The molecule has 0 spiro atoms. The maximum atomic E-state index is 9.46. The van der Waals surface area contributed by atoms with E-state index in [1.165, 1.54) is 0 Å². The molecule has 0 aromatic heterocycles. The fourth-order valence-corrected chi connectivity index (χ4v) is 0. The van der Waals surface area contributed by atoms with E-state index in [2.05, 4.69) is 0 Å². The first-order valence-corrected chi connectivity index (χ1v) is 11.8. The second-order valence-corrected chi connectivity index (χ2v) is 6.23. The van der Waals surface area contributed by atoms with E-state index >= 15 is 0 Å². The van der Waals surface area contributed by atoms with Gasteiger partial charge in [-0.3, -0.25) is 0 Å². The van der Waals surface area contributed by atoms with Gasteiger partial charge in [0.15, 0.2) is 0 Å². The van der Waals surface area contributed by atoms with Gasteiger partial charge in [0.05, 0.1) is 0 Å². The summed E-state index contributed by atoms with van der Waals surface area (Å²) in [5, 5.41) is 7.81. The normalized spacial score (nSPS) is 9.80. The zero-order chi connectivity index (χ0) is 4.28. The standard InChI is InChI=1S/CH2AsO2.Sb.2H/c2-1(3)4;;;/h2H,(H,3,4);;;/q-1;+1;;. The molecule has 0 radical (unpaired) electrons. The summed E-state index contributed by atoms with van der Waals surface area (Å²) in [5.74, 6) is 0. The Balaban J connectivity index is 2.85. The van der Waals surface area contributed by atoms with Gasteiger partial charge in [-0.15, -0.1) is 0 Å². The van der Waals surface area contributed by atoms with Crippen molar-refractivity contribution in [3.63, 3.8) is 0 Å². The Hall–Kier alpha value is 0.847. The zero-order valence-electron chi connectivity index (χ0n) is 2.43. The SMILES string of the molecule is O=C(O)[AsH][SbH2]. The maximum absolute atomic E-state index is 9.46. The molecule has 0 aliphatic heterocycles.